The Labute approximate surface area is 123 Å². The summed E-state index contributed by atoms with van der Waals surface area (Å²) in [6.45, 7) is 4.38. The molecule has 0 N–H and O–H groups in total. The molecule has 1 aromatic heterocycles. The van der Waals surface area contributed by atoms with Gasteiger partial charge < -0.3 is 4.90 Å². The Kier molecular flexibility index (Phi) is 4.74. The van der Waals surface area contributed by atoms with Crippen LogP contribution in [0.25, 0.3) is 10.8 Å². The van der Waals surface area contributed by atoms with Gasteiger partial charge in [-0.05, 0) is 18.2 Å². The van der Waals surface area contributed by atoms with E-state index in [0.29, 0.717) is 17.3 Å². The van der Waals surface area contributed by atoms with Gasteiger partial charge in [0, 0.05) is 25.2 Å². The monoisotopic (exact) mass is 288 g/mol. The van der Waals surface area contributed by atoms with E-state index in [9.17, 15) is 4.79 Å². The van der Waals surface area contributed by atoms with Crippen molar-refractivity contribution in [3.63, 3.8) is 0 Å². The maximum absolute atomic E-state index is 12.5. The Morgan fingerprint density at radius 2 is 2.10 bits per heavy atom. The molecule has 104 valence electrons. The van der Waals surface area contributed by atoms with Gasteiger partial charge in [-0.1, -0.05) is 41.9 Å². The molecule has 4 heteroatoms. The molecular weight excluding hydrogens is 272 g/mol. The summed E-state index contributed by atoms with van der Waals surface area (Å²) in [5, 5.41) is 2.07. The van der Waals surface area contributed by atoms with E-state index in [1.807, 2.05) is 30.3 Å². The average Bonchev–Trinajstić information content (AvgIpc) is 2.47. The second-order valence-corrected chi connectivity index (χ2v) is 5.02. The van der Waals surface area contributed by atoms with Crippen LogP contribution in [0.2, 0.25) is 5.15 Å². The minimum atomic E-state index is -0.0329. The van der Waals surface area contributed by atoms with Crippen molar-refractivity contribution in [1.29, 1.82) is 0 Å². The van der Waals surface area contributed by atoms with E-state index in [4.69, 9.17) is 11.6 Å². The van der Waals surface area contributed by atoms with Crippen molar-refractivity contribution in [3.8, 4) is 0 Å². The summed E-state index contributed by atoms with van der Waals surface area (Å²) in [6, 6.07) is 7.55. The number of fused-ring (bicyclic) bond motifs is 1. The number of carbonyl (C=O) groups excluding carboxylic acids is 1. The van der Waals surface area contributed by atoms with Gasteiger partial charge in [-0.2, -0.15) is 0 Å². The third kappa shape index (κ3) is 2.99. The summed E-state index contributed by atoms with van der Waals surface area (Å²) in [5.74, 6) is -0.0329. The number of hydrogen-bond acceptors (Lipinski definition) is 2. The zero-order valence-electron chi connectivity index (χ0n) is 11.5. The number of halogens is 1. The molecule has 3 nitrogen and oxygen atoms in total. The van der Waals surface area contributed by atoms with E-state index in [0.717, 1.165) is 23.6 Å². The molecule has 0 saturated heterocycles. The van der Waals surface area contributed by atoms with Crippen molar-refractivity contribution in [2.45, 2.75) is 12.8 Å². The molecule has 20 heavy (non-hydrogen) atoms. The largest absolute Gasteiger partial charge is 0.342 e. The van der Waals surface area contributed by atoms with Crippen molar-refractivity contribution < 1.29 is 4.79 Å². The van der Waals surface area contributed by atoms with E-state index in [-0.39, 0.29) is 5.91 Å². The second kappa shape index (κ2) is 6.53. The lowest BCUT2D eigenvalue weighted by atomic mass is 10.1. The number of pyridine rings is 1. The van der Waals surface area contributed by atoms with Gasteiger partial charge in [0.05, 0.1) is 5.56 Å². The van der Waals surface area contributed by atoms with E-state index >= 15 is 0 Å². The number of amides is 1. The molecule has 2 rings (SSSR count). The standard InChI is InChI=1S/C16H17ClN2O/c1-3-4-7-10-19(2)16(20)14-11-18-15(17)13-9-6-5-8-12(13)14/h3,5-6,8-9,11H,1,4,7,10H2,2H3. The number of hydrogen-bond donors (Lipinski definition) is 0. The van der Waals surface area contributed by atoms with Crippen LogP contribution >= 0.6 is 11.6 Å². The van der Waals surface area contributed by atoms with Crippen LogP contribution in [-0.2, 0) is 0 Å². The van der Waals surface area contributed by atoms with Gasteiger partial charge in [0.2, 0.25) is 0 Å². The summed E-state index contributed by atoms with van der Waals surface area (Å²) >= 11 is 6.07. The number of rotatable bonds is 5. The minimum Gasteiger partial charge on any atom is -0.342 e. The second-order valence-electron chi connectivity index (χ2n) is 4.67. The Bertz CT molecular complexity index is 639. The van der Waals surface area contributed by atoms with Crippen LogP contribution in [0, 0.1) is 0 Å². The Morgan fingerprint density at radius 1 is 1.40 bits per heavy atom. The molecule has 0 saturated carbocycles. The number of carbonyl (C=O) groups is 1. The van der Waals surface area contributed by atoms with Crippen LogP contribution in [0.15, 0.2) is 43.1 Å². The summed E-state index contributed by atoms with van der Waals surface area (Å²) in [7, 11) is 1.80. The molecule has 0 atom stereocenters. The Hall–Kier alpha value is -1.87. The summed E-state index contributed by atoms with van der Waals surface area (Å²) in [6.07, 6.45) is 5.22. The summed E-state index contributed by atoms with van der Waals surface area (Å²) < 4.78 is 0. The van der Waals surface area contributed by atoms with Gasteiger partial charge in [0.25, 0.3) is 5.91 Å². The number of benzene rings is 1. The molecule has 1 amide bonds. The minimum absolute atomic E-state index is 0.0329. The molecule has 0 unspecified atom stereocenters. The van der Waals surface area contributed by atoms with Gasteiger partial charge >= 0.3 is 0 Å². The van der Waals surface area contributed by atoms with Gasteiger partial charge in [0.15, 0.2) is 0 Å². The maximum Gasteiger partial charge on any atom is 0.255 e. The van der Waals surface area contributed by atoms with Crippen molar-refractivity contribution in [2.24, 2.45) is 0 Å². The van der Waals surface area contributed by atoms with Crippen LogP contribution in [0.3, 0.4) is 0 Å². The highest BCUT2D eigenvalue weighted by molar-refractivity contribution is 6.34. The normalized spacial score (nSPS) is 10.5. The van der Waals surface area contributed by atoms with Crippen molar-refractivity contribution in [1.82, 2.24) is 9.88 Å². The smallest absolute Gasteiger partial charge is 0.255 e. The maximum atomic E-state index is 12.5. The lowest BCUT2D eigenvalue weighted by molar-refractivity contribution is 0.0795. The first-order chi connectivity index (χ1) is 9.65. The topological polar surface area (TPSA) is 33.2 Å². The Balaban J connectivity index is 2.30. The van der Waals surface area contributed by atoms with Gasteiger partial charge in [0.1, 0.15) is 5.15 Å². The van der Waals surface area contributed by atoms with Gasteiger partial charge in [-0.15, -0.1) is 6.58 Å². The van der Waals surface area contributed by atoms with Gasteiger partial charge in [-0.25, -0.2) is 4.98 Å². The molecule has 0 aliphatic rings. The van der Waals surface area contributed by atoms with Crippen LogP contribution < -0.4 is 0 Å². The first-order valence-corrected chi connectivity index (χ1v) is 6.92. The average molecular weight is 289 g/mol. The molecule has 0 fully saturated rings. The zero-order valence-corrected chi connectivity index (χ0v) is 12.2. The van der Waals surface area contributed by atoms with Crippen molar-refractivity contribution >= 4 is 28.3 Å². The van der Waals surface area contributed by atoms with E-state index in [1.165, 1.54) is 0 Å². The van der Waals surface area contributed by atoms with E-state index in [1.54, 1.807) is 18.1 Å². The predicted molar refractivity (Wildman–Crippen MR) is 83.1 cm³/mol. The lowest BCUT2D eigenvalue weighted by Crippen LogP contribution is -2.28. The summed E-state index contributed by atoms with van der Waals surface area (Å²) in [5.41, 5.74) is 0.589. The van der Waals surface area contributed by atoms with E-state index < -0.39 is 0 Å². The third-order valence-corrected chi connectivity index (χ3v) is 3.53. The molecule has 1 aromatic carbocycles. The molecule has 0 spiro atoms. The molecule has 0 bridgehead atoms. The predicted octanol–water partition coefficient (Wildman–Crippen LogP) is 3.93. The SMILES string of the molecule is C=CCCCN(C)C(=O)c1cnc(Cl)c2ccccc12. The number of unbranched alkanes of at least 4 members (excludes halogenated alkanes) is 1. The third-order valence-electron chi connectivity index (χ3n) is 3.23. The highest BCUT2D eigenvalue weighted by atomic mass is 35.5. The van der Waals surface area contributed by atoms with Crippen LogP contribution in [0.5, 0.6) is 0 Å². The fourth-order valence-electron chi connectivity index (χ4n) is 2.11. The van der Waals surface area contributed by atoms with Crippen molar-refractivity contribution in [3.05, 3.63) is 53.8 Å². The Morgan fingerprint density at radius 3 is 2.80 bits per heavy atom. The first kappa shape index (κ1) is 14.5. The quantitative estimate of drug-likeness (QED) is 0.474. The van der Waals surface area contributed by atoms with Crippen LogP contribution in [0.1, 0.15) is 23.2 Å². The van der Waals surface area contributed by atoms with Crippen LogP contribution in [-0.4, -0.2) is 29.4 Å². The molecule has 0 aliphatic carbocycles. The fraction of sp³-hybridized carbons (Fsp3) is 0.250. The van der Waals surface area contributed by atoms with Crippen LogP contribution in [0.4, 0.5) is 0 Å². The fourth-order valence-corrected chi connectivity index (χ4v) is 2.32. The zero-order chi connectivity index (χ0) is 14.5. The lowest BCUT2D eigenvalue weighted by Gasteiger charge is -2.17. The van der Waals surface area contributed by atoms with Gasteiger partial charge in [-0.3, -0.25) is 4.79 Å². The number of allylic oxidation sites excluding steroid dienone is 1. The highest BCUT2D eigenvalue weighted by Crippen LogP contribution is 2.24. The molecule has 1 heterocycles. The van der Waals surface area contributed by atoms with Crippen molar-refractivity contribution in [2.75, 3.05) is 13.6 Å². The first-order valence-electron chi connectivity index (χ1n) is 6.54. The molecule has 2 aromatic rings. The highest BCUT2D eigenvalue weighted by Gasteiger charge is 2.16. The van der Waals surface area contributed by atoms with E-state index in [2.05, 4.69) is 11.6 Å². The molecule has 0 radical (unpaired) electrons. The summed E-state index contributed by atoms with van der Waals surface area (Å²) in [4.78, 5) is 18.3. The molecule has 0 aliphatic heterocycles. The molecular formula is C16H17ClN2O. The number of aromatic nitrogens is 1. The number of nitrogens with zero attached hydrogens (tertiary/aromatic N) is 2.